The van der Waals surface area contributed by atoms with E-state index in [2.05, 4.69) is 16.5 Å². The quantitative estimate of drug-likeness (QED) is 0.843. The van der Waals surface area contributed by atoms with Crippen LogP contribution in [-0.2, 0) is 6.18 Å². The van der Waals surface area contributed by atoms with Crippen LogP contribution in [0.3, 0.4) is 0 Å². The lowest BCUT2D eigenvalue weighted by atomic mass is 10.1. The lowest BCUT2D eigenvalue weighted by molar-refractivity contribution is -0.137. The third-order valence-electron chi connectivity index (χ3n) is 2.45. The van der Waals surface area contributed by atoms with Crippen molar-refractivity contribution < 1.29 is 13.2 Å². The molecule has 6 heteroatoms. The Labute approximate surface area is 101 Å². The minimum Gasteiger partial charge on any atom is -0.338 e. The third kappa shape index (κ3) is 1.95. The van der Waals surface area contributed by atoms with Crippen molar-refractivity contribution >= 4 is 16.6 Å². The molecule has 0 saturated heterocycles. The van der Waals surface area contributed by atoms with Gasteiger partial charge in [0.15, 0.2) is 0 Å². The van der Waals surface area contributed by atoms with E-state index in [-0.39, 0.29) is 5.52 Å². The van der Waals surface area contributed by atoms with Crippen molar-refractivity contribution in [2.24, 2.45) is 0 Å². The number of nitrogens with zero attached hydrogens (tertiary/aromatic N) is 2. The lowest BCUT2D eigenvalue weighted by Crippen LogP contribution is -2.07. The molecular formula is C12H8F3N3. The second kappa shape index (κ2) is 3.88. The molecule has 0 aliphatic heterocycles. The largest absolute Gasteiger partial charge is 0.417 e. The molecule has 0 aliphatic rings. The molecular weight excluding hydrogens is 243 g/mol. The van der Waals surface area contributed by atoms with E-state index < -0.39 is 17.3 Å². The topological polar surface area (TPSA) is 52.5 Å². The summed E-state index contributed by atoms with van der Waals surface area (Å²) in [6.45, 7) is 5.34. The molecule has 0 amide bonds. The number of alkyl halides is 3. The van der Waals surface area contributed by atoms with Gasteiger partial charge in [0.05, 0.1) is 28.2 Å². The monoisotopic (exact) mass is 251 g/mol. The first-order chi connectivity index (χ1) is 8.32. The summed E-state index contributed by atoms with van der Waals surface area (Å²) < 4.78 is 38.2. The molecule has 2 rings (SSSR count). The molecule has 0 bridgehead atoms. The van der Waals surface area contributed by atoms with Gasteiger partial charge in [-0.25, -0.2) is 4.98 Å². The molecule has 92 valence electrons. The summed E-state index contributed by atoms with van der Waals surface area (Å²) in [4.78, 5) is 6.81. The molecule has 1 heterocycles. The Morgan fingerprint density at radius 1 is 1.44 bits per heavy atom. The van der Waals surface area contributed by atoms with Gasteiger partial charge >= 0.3 is 6.18 Å². The highest BCUT2D eigenvalue weighted by Crippen LogP contribution is 2.34. The summed E-state index contributed by atoms with van der Waals surface area (Å²) >= 11 is 0. The first-order valence-corrected chi connectivity index (χ1v) is 5.00. The van der Waals surface area contributed by atoms with E-state index in [0.717, 1.165) is 12.1 Å². The van der Waals surface area contributed by atoms with E-state index in [1.807, 2.05) is 0 Å². The van der Waals surface area contributed by atoms with Crippen molar-refractivity contribution in [1.82, 2.24) is 9.97 Å². The summed E-state index contributed by atoms with van der Waals surface area (Å²) in [7, 11) is 0. The number of H-pyrrole nitrogens is 1. The Morgan fingerprint density at radius 2 is 2.11 bits per heavy atom. The van der Waals surface area contributed by atoms with Crippen LogP contribution < -0.4 is 0 Å². The molecule has 0 radical (unpaired) electrons. The number of aromatic amines is 1. The molecule has 3 nitrogen and oxygen atoms in total. The molecule has 18 heavy (non-hydrogen) atoms. The number of allylic oxidation sites excluding steroid dienone is 1. The maximum atomic E-state index is 12.7. The van der Waals surface area contributed by atoms with Crippen LogP contribution in [-0.4, -0.2) is 9.97 Å². The van der Waals surface area contributed by atoms with Gasteiger partial charge in [0.25, 0.3) is 0 Å². The van der Waals surface area contributed by atoms with E-state index in [1.54, 1.807) is 6.92 Å². The molecule has 1 N–H and O–H groups in total. The summed E-state index contributed by atoms with van der Waals surface area (Å²) in [5.74, 6) is 0.410. The number of fused-ring (bicyclic) bond motifs is 1. The van der Waals surface area contributed by atoms with Gasteiger partial charge in [0.2, 0.25) is 0 Å². The number of halogens is 3. The van der Waals surface area contributed by atoms with E-state index in [0.29, 0.717) is 16.9 Å². The molecule has 0 spiro atoms. The smallest absolute Gasteiger partial charge is 0.338 e. The summed E-state index contributed by atoms with van der Waals surface area (Å²) in [5.41, 5.74) is -0.237. The van der Waals surface area contributed by atoms with Gasteiger partial charge < -0.3 is 4.98 Å². The summed E-state index contributed by atoms with van der Waals surface area (Å²) in [5, 5.41) is 8.75. The van der Waals surface area contributed by atoms with Crippen molar-refractivity contribution in [2.75, 3.05) is 0 Å². The van der Waals surface area contributed by atoms with Crippen molar-refractivity contribution in [2.45, 2.75) is 13.1 Å². The number of aromatic nitrogens is 2. The molecule has 1 aromatic carbocycles. The second-order valence-corrected chi connectivity index (χ2v) is 3.89. The Morgan fingerprint density at radius 3 is 2.61 bits per heavy atom. The van der Waals surface area contributed by atoms with Crippen LogP contribution in [0.1, 0.15) is 23.9 Å². The van der Waals surface area contributed by atoms with Crippen molar-refractivity contribution in [1.29, 1.82) is 5.26 Å². The maximum Gasteiger partial charge on any atom is 0.417 e. The number of nitriles is 1. The maximum absolute atomic E-state index is 12.7. The number of imidazole rings is 1. The Hall–Kier alpha value is -2.29. The minimum absolute atomic E-state index is 0.235. The summed E-state index contributed by atoms with van der Waals surface area (Å²) in [6, 6.07) is 3.56. The fraction of sp³-hybridized carbons (Fsp3) is 0.167. The molecule has 0 atom stereocenters. The number of rotatable bonds is 1. The highest BCUT2D eigenvalue weighted by Gasteiger charge is 2.34. The molecule has 1 aromatic heterocycles. The van der Waals surface area contributed by atoms with Crippen LogP contribution >= 0.6 is 0 Å². The van der Waals surface area contributed by atoms with E-state index in [9.17, 15) is 13.2 Å². The average molecular weight is 251 g/mol. The molecule has 0 saturated carbocycles. The van der Waals surface area contributed by atoms with Crippen LogP contribution in [0.15, 0.2) is 18.7 Å². The standard InChI is InChI=1S/C12H8F3N3/c1-6(2)11-17-9-3-7(5-16)8(12(13,14)15)4-10(9)18-11/h3-4H,1H2,2H3,(H,17,18). The third-order valence-corrected chi connectivity index (χ3v) is 2.45. The Balaban J connectivity index is 2.75. The van der Waals surface area contributed by atoms with Gasteiger partial charge in [-0.1, -0.05) is 6.58 Å². The molecule has 0 aliphatic carbocycles. The first-order valence-electron chi connectivity index (χ1n) is 5.00. The number of nitrogens with one attached hydrogen (secondary N) is 1. The fourth-order valence-electron chi connectivity index (χ4n) is 1.59. The first kappa shape index (κ1) is 12.2. The van der Waals surface area contributed by atoms with E-state index in [4.69, 9.17) is 5.26 Å². The minimum atomic E-state index is -4.56. The van der Waals surface area contributed by atoms with E-state index in [1.165, 1.54) is 6.07 Å². The lowest BCUT2D eigenvalue weighted by Gasteiger charge is -2.07. The Bertz CT molecular complexity index is 674. The normalized spacial score (nSPS) is 11.5. The zero-order valence-corrected chi connectivity index (χ0v) is 9.39. The van der Waals surface area contributed by atoms with Gasteiger partial charge in [-0.05, 0) is 24.6 Å². The Kier molecular flexibility index (Phi) is 2.62. The second-order valence-electron chi connectivity index (χ2n) is 3.89. The van der Waals surface area contributed by atoms with Crippen LogP contribution in [0.25, 0.3) is 16.6 Å². The van der Waals surface area contributed by atoms with Gasteiger partial charge in [-0.3, -0.25) is 0 Å². The van der Waals surface area contributed by atoms with Gasteiger partial charge in [0.1, 0.15) is 5.82 Å². The molecule has 0 unspecified atom stereocenters. The molecule has 0 fully saturated rings. The predicted molar refractivity (Wildman–Crippen MR) is 60.5 cm³/mol. The van der Waals surface area contributed by atoms with Crippen LogP contribution in [0, 0.1) is 11.3 Å². The van der Waals surface area contributed by atoms with Crippen molar-refractivity contribution in [3.05, 3.63) is 35.7 Å². The van der Waals surface area contributed by atoms with Crippen LogP contribution in [0.2, 0.25) is 0 Å². The highest BCUT2D eigenvalue weighted by molar-refractivity contribution is 5.81. The number of benzene rings is 1. The van der Waals surface area contributed by atoms with E-state index >= 15 is 0 Å². The van der Waals surface area contributed by atoms with Crippen molar-refractivity contribution in [3.63, 3.8) is 0 Å². The van der Waals surface area contributed by atoms with Crippen LogP contribution in [0.4, 0.5) is 13.2 Å². The SMILES string of the molecule is C=C(C)c1nc2cc(C#N)c(C(F)(F)F)cc2[nH]1. The highest BCUT2D eigenvalue weighted by atomic mass is 19.4. The van der Waals surface area contributed by atoms with Crippen molar-refractivity contribution in [3.8, 4) is 6.07 Å². The van der Waals surface area contributed by atoms with Gasteiger partial charge in [-0.15, -0.1) is 0 Å². The predicted octanol–water partition coefficient (Wildman–Crippen LogP) is 3.49. The summed E-state index contributed by atoms with van der Waals surface area (Å²) in [6.07, 6.45) is -4.56. The number of hydrogen-bond donors (Lipinski definition) is 1. The van der Waals surface area contributed by atoms with Crippen LogP contribution in [0.5, 0.6) is 0 Å². The van der Waals surface area contributed by atoms with Gasteiger partial charge in [-0.2, -0.15) is 18.4 Å². The fourth-order valence-corrected chi connectivity index (χ4v) is 1.59. The zero-order valence-electron chi connectivity index (χ0n) is 9.39. The number of hydrogen-bond acceptors (Lipinski definition) is 2. The average Bonchev–Trinajstić information content (AvgIpc) is 2.68. The zero-order chi connectivity index (χ0) is 13.5. The van der Waals surface area contributed by atoms with Gasteiger partial charge in [0, 0.05) is 0 Å². The molecule has 2 aromatic rings.